The van der Waals surface area contributed by atoms with E-state index in [9.17, 15) is 14.4 Å². The molecule has 4 N–H and O–H groups in total. The van der Waals surface area contributed by atoms with Gasteiger partial charge in [0.1, 0.15) is 11.0 Å². The van der Waals surface area contributed by atoms with E-state index < -0.39 is 24.1 Å². The first-order valence-corrected chi connectivity index (χ1v) is 12.3. The lowest BCUT2D eigenvalue weighted by Gasteiger charge is -2.22. The van der Waals surface area contributed by atoms with E-state index in [0.29, 0.717) is 24.3 Å². The van der Waals surface area contributed by atoms with Gasteiger partial charge < -0.3 is 21.1 Å². The zero-order valence-corrected chi connectivity index (χ0v) is 20.2. The summed E-state index contributed by atoms with van der Waals surface area (Å²) in [7, 11) is 1.26. The minimum absolute atomic E-state index is 0.312. The summed E-state index contributed by atoms with van der Waals surface area (Å²) >= 11 is 1.52. The lowest BCUT2D eigenvalue weighted by molar-refractivity contribution is -0.123. The highest BCUT2D eigenvalue weighted by molar-refractivity contribution is 7.09. The Kier molecular flexibility index (Phi) is 7.77. The molecule has 1 fully saturated rings. The van der Waals surface area contributed by atoms with Gasteiger partial charge in [0.05, 0.1) is 18.8 Å². The van der Waals surface area contributed by atoms with Gasteiger partial charge in [0, 0.05) is 23.3 Å². The van der Waals surface area contributed by atoms with E-state index >= 15 is 0 Å². The van der Waals surface area contributed by atoms with Crippen molar-refractivity contribution in [2.24, 2.45) is 5.73 Å². The summed E-state index contributed by atoms with van der Waals surface area (Å²) in [6.07, 6.45) is 2.38. The Bertz CT molecular complexity index is 1180. The summed E-state index contributed by atoms with van der Waals surface area (Å²) in [4.78, 5) is 41.6. The maximum Gasteiger partial charge on any atom is 0.407 e. The Morgan fingerprint density at radius 1 is 1.03 bits per heavy atom. The molecule has 182 valence electrons. The van der Waals surface area contributed by atoms with E-state index in [0.717, 1.165) is 34.7 Å². The molecule has 2 aromatic carbocycles. The van der Waals surface area contributed by atoms with Crippen LogP contribution in [0.3, 0.4) is 0 Å². The van der Waals surface area contributed by atoms with Gasteiger partial charge in [0.15, 0.2) is 0 Å². The molecule has 8 nitrogen and oxygen atoms in total. The van der Waals surface area contributed by atoms with Crippen LogP contribution in [0.4, 0.5) is 4.79 Å². The van der Waals surface area contributed by atoms with Crippen LogP contribution in [0.1, 0.15) is 57.0 Å². The van der Waals surface area contributed by atoms with Crippen molar-refractivity contribution in [1.29, 1.82) is 0 Å². The summed E-state index contributed by atoms with van der Waals surface area (Å²) < 4.78 is 4.74. The third kappa shape index (κ3) is 6.66. The third-order valence-electron chi connectivity index (χ3n) is 5.90. The summed E-state index contributed by atoms with van der Waals surface area (Å²) in [5.41, 5.74) is 8.67. The van der Waals surface area contributed by atoms with Gasteiger partial charge in [-0.1, -0.05) is 42.5 Å². The molecule has 9 heteroatoms. The molecule has 0 bridgehead atoms. The number of nitrogens with zero attached hydrogens (tertiary/aromatic N) is 1. The summed E-state index contributed by atoms with van der Waals surface area (Å²) in [6.45, 7) is 0. The van der Waals surface area contributed by atoms with Gasteiger partial charge in [-0.3, -0.25) is 9.59 Å². The first-order valence-electron chi connectivity index (χ1n) is 11.5. The topological polar surface area (TPSA) is 123 Å². The van der Waals surface area contributed by atoms with Gasteiger partial charge in [0.25, 0.3) is 0 Å². The number of carbonyl (C=O) groups is 3. The van der Waals surface area contributed by atoms with E-state index in [1.807, 2.05) is 42.5 Å². The second kappa shape index (κ2) is 11.1. The Morgan fingerprint density at radius 2 is 1.71 bits per heavy atom. The minimum atomic E-state index is -0.826. The average molecular weight is 493 g/mol. The molecule has 0 unspecified atom stereocenters. The van der Waals surface area contributed by atoms with Crippen LogP contribution in [-0.2, 0) is 22.4 Å². The molecular formula is C26H28N4O4S. The number of ether oxygens (including phenoxy) is 1. The van der Waals surface area contributed by atoms with Crippen molar-refractivity contribution in [3.8, 4) is 0 Å². The van der Waals surface area contributed by atoms with Crippen LogP contribution in [-0.4, -0.2) is 36.0 Å². The van der Waals surface area contributed by atoms with Crippen LogP contribution >= 0.6 is 11.3 Å². The number of methoxy groups -OCH3 is 1. The predicted octanol–water partition coefficient (Wildman–Crippen LogP) is 3.49. The number of carbonyl (C=O) groups excluding carboxylic acids is 3. The van der Waals surface area contributed by atoms with Gasteiger partial charge in [-0.2, -0.15) is 0 Å². The zero-order valence-electron chi connectivity index (χ0n) is 19.4. The number of nitrogens with two attached hydrogens (primary N) is 1. The highest BCUT2D eigenvalue weighted by Crippen LogP contribution is 2.41. The summed E-state index contributed by atoms with van der Waals surface area (Å²) in [5, 5.41) is 8.59. The predicted molar refractivity (Wildman–Crippen MR) is 133 cm³/mol. The van der Waals surface area contributed by atoms with E-state index in [2.05, 4.69) is 16.0 Å². The molecule has 0 spiro atoms. The van der Waals surface area contributed by atoms with Crippen LogP contribution in [0.25, 0.3) is 0 Å². The number of hydrogen-bond donors (Lipinski definition) is 3. The third-order valence-corrected chi connectivity index (χ3v) is 6.88. The molecule has 4 rings (SSSR count). The SMILES string of the molecule is COC(=O)N[C@@H](Cc1ccccc1)C(=O)N[C@@H](Cc1ccc(C(N)=O)cc1)c1nc(C2CC2)cs1. The van der Waals surface area contributed by atoms with E-state index in [1.54, 1.807) is 12.1 Å². The fourth-order valence-electron chi connectivity index (χ4n) is 3.80. The smallest absolute Gasteiger partial charge is 0.407 e. The maximum absolute atomic E-state index is 13.4. The number of thiazole rings is 1. The number of primary amides is 1. The molecule has 0 aliphatic heterocycles. The van der Waals surface area contributed by atoms with Crippen molar-refractivity contribution in [3.63, 3.8) is 0 Å². The first-order chi connectivity index (χ1) is 16.9. The maximum atomic E-state index is 13.4. The molecule has 3 amide bonds. The quantitative estimate of drug-likeness (QED) is 0.400. The normalized spacial score (nSPS) is 14.5. The second-order valence-corrected chi connectivity index (χ2v) is 9.48. The van der Waals surface area contributed by atoms with Crippen molar-refractivity contribution < 1.29 is 19.1 Å². The Balaban J connectivity index is 1.55. The summed E-state index contributed by atoms with van der Waals surface area (Å²) in [6, 6.07) is 15.2. The van der Waals surface area contributed by atoms with Gasteiger partial charge in [0.2, 0.25) is 11.8 Å². The van der Waals surface area contributed by atoms with Crippen LogP contribution < -0.4 is 16.4 Å². The van der Waals surface area contributed by atoms with E-state index in [1.165, 1.54) is 18.4 Å². The average Bonchev–Trinajstić information content (AvgIpc) is 3.60. The molecule has 3 aromatic rings. The minimum Gasteiger partial charge on any atom is -0.453 e. The lowest BCUT2D eigenvalue weighted by atomic mass is 10.0. The fourth-order valence-corrected chi connectivity index (χ4v) is 4.75. The lowest BCUT2D eigenvalue weighted by Crippen LogP contribution is -2.49. The molecule has 1 aliphatic rings. The molecule has 0 saturated heterocycles. The van der Waals surface area contributed by atoms with Crippen LogP contribution in [0.15, 0.2) is 60.0 Å². The second-order valence-electron chi connectivity index (χ2n) is 8.59. The van der Waals surface area contributed by atoms with Gasteiger partial charge in [-0.25, -0.2) is 9.78 Å². The Labute approximate surface area is 207 Å². The molecule has 1 aromatic heterocycles. The number of alkyl carbamates (subject to hydrolysis) is 1. The van der Waals surface area contributed by atoms with Crippen molar-refractivity contribution in [2.45, 2.75) is 43.7 Å². The van der Waals surface area contributed by atoms with Crippen LogP contribution in [0.5, 0.6) is 0 Å². The standard InChI is InChI=1S/C26H28N4O4S/c1-34-26(33)30-20(13-16-5-3-2-4-6-16)24(32)28-21(25-29-22(15-35-25)18-11-12-18)14-17-7-9-19(10-8-17)23(27)31/h2-10,15,18,20-21H,11-14H2,1H3,(H2,27,31)(H,28,32)(H,30,33)/t20-,21-/m0/s1. The van der Waals surface area contributed by atoms with E-state index in [4.69, 9.17) is 15.5 Å². The van der Waals surface area contributed by atoms with Gasteiger partial charge >= 0.3 is 6.09 Å². The van der Waals surface area contributed by atoms with Crippen LogP contribution in [0.2, 0.25) is 0 Å². The van der Waals surface area contributed by atoms with Crippen molar-refractivity contribution >= 4 is 29.2 Å². The zero-order chi connectivity index (χ0) is 24.8. The van der Waals surface area contributed by atoms with Crippen molar-refractivity contribution in [1.82, 2.24) is 15.6 Å². The fraction of sp³-hybridized carbons (Fsp3) is 0.308. The highest BCUT2D eigenvalue weighted by atomic mass is 32.1. The summed E-state index contributed by atoms with van der Waals surface area (Å²) in [5.74, 6) is -0.327. The Morgan fingerprint density at radius 3 is 2.34 bits per heavy atom. The van der Waals surface area contributed by atoms with Crippen molar-refractivity contribution in [3.05, 3.63) is 87.4 Å². The van der Waals surface area contributed by atoms with Gasteiger partial charge in [-0.05, 0) is 42.5 Å². The number of nitrogens with one attached hydrogen (secondary N) is 2. The molecule has 1 heterocycles. The van der Waals surface area contributed by atoms with Crippen LogP contribution in [0, 0.1) is 0 Å². The molecule has 1 saturated carbocycles. The number of rotatable bonds is 10. The largest absolute Gasteiger partial charge is 0.453 e. The molecule has 35 heavy (non-hydrogen) atoms. The molecule has 2 atom stereocenters. The number of aromatic nitrogens is 1. The Hall–Kier alpha value is -3.72. The number of amides is 3. The van der Waals surface area contributed by atoms with E-state index in [-0.39, 0.29) is 5.91 Å². The number of hydrogen-bond acceptors (Lipinski definition) is 6. The monoisotopic (exact) mass is 492 g/mol. The highest BCUT2D eigenvalue weighted by Gasteiger charge is 2.29. The molecule has 1 aliphatic carbocycles. The number of benzene rings is 2. The molecule has 0 radical (unpaired) electrons. The van der Waals surface area contributed by atoms with Crippen molar-refractivity contribution in [2.75, 3.05) is 7.11 Å². The first kappa shape index (κ1) is 24.4. The van der Waals surface area contributed by atoms with Gasteiger partial charge in [-0.15, -0.1) is 11.3 Å². The molecular weight excluding hydrogens is 464 g/mol.